The maximum absolute atomic E-state index is 12.1. The topological polar surface area (TPSA) is 87.0 Å². The number of aliphatic hydroxyl groups is 2. The lowest BCUT2D eigenvalue weighted by molar-refractivity contribution is -0.182. The Morgan fingerprint density at radius 1 is 0.971 bits per heavy atom. The highest BCUT2D eigenvalue weighted by Crippen LogP contribution is 2.89. The van der Waals surface area contributed by atoms with Gasteiger partial charge in [0.2, 0.25) is 0 Å². The van der Waals surface area contributed by atoms with E-state index in [1.165, 1.54) is 19.3 Å². The lowest BCUT2D eigenvalue weighted by Crippen LogP contribution is -2.59. The molecule has 0 aromatic heterocycles. The van der Waals surface area contributed by atoms with E-state index >= 15 is 0 Å². The van der Waals surface area contributed by atoms with Gasteiger partial charge in [-0.25, -0.2) is 0 Å². The zero-order chi connectivity index (χ0) is 24.5. The Hall–Kier alpha value is -0.650. The molecule has 34 heavy (non-hydrogen) atoms. The number of hydrogen-bond donors (Lipinski definition) is 3. The first-order valence-electron chi connectivity index (χ1n) is 14.1. The highest BCUT2D eigenvalue weighted by Gasteiger charge is 2.84. The smallest absolute Gasteiger partial charge is 0.303 e. The normalized spacial score (nSPS) is 59.1. The van der Waals surface area contributed by atoms with Crippen molar-refractivity contribution in [3.63, 3.8) is 0 Å². The molecule has 6 fully saturated rings. The zero-order valence-corrected chi connectivity index (χ0v) is 21.8. The van der Waals surface area contributed by atoms with Crippen LogP contribution >= 0.6 is 0 Å². The lowest BCUT2D eigenvalue weighted by Gasteiger charge is -2.63. The highest BCUT2D eigenvalue weighted by molar-refractivity contribution is 5.66. The van der Waals surface area contributed by atoms with Crippen molar-refractivity contribution in [1.82, 2.24) is 0 Å². The van der Waals surface area contributed by atoms with Gasteiger partial charge >= 0.3 is 5.97 Å². The van der Waals surface area contributed by atoms with Crippen molar-refractivity contribution in [2.45, 2.75) is 123 Å². The summed E-state index contributed by atoms with van der Waals surface area (Å²) in [4.78, 5) is 11.2. The van der Waals surface area contributed by atoms with Gasteiger partial charge in [0.25, 0.3) is 0 Å². The molecule has 3 N–H and O–H groups in total. The van der Waals surface area contributed by atoms with Crippen molar-refractivity contribution in [1.29, 1.82) is 0 Å². The minimum atomic E-state index is -0.767. The van der Waals surface area contributed by atoms with E-state index in [4.69, 9.17) is 4.74 Å². The van der Waals surface area contributed by atoms with Gasteiger partial charge in [-0.1, -0.05) is 34.6 Å². The van der Waals surface area contributed by atoms with Gasteiger partial charge in [0, 0.05) is 11.8 Å². The van der Waals surface area contributed by atoms with Crippen molar-refractivity contribution >= 4 is 5.97 Å². The summed E-state index contributed by atoms with van der Waals surface area (Å²) in [6, 6.07) is 0. The number of hydrogen-bond acceptors (Lipinski definition) is 4. The zero-order valence-electron chi connectivity index (χ0n) is 21.8. The number of ether oxygens (including phenoxy) is 1. The summed E-state index contributed by atoms with van der Waals surface area (Å²) in [7, 11) is 0. The van der Waals surface area contributed by atoms with Crippen LogP contribution in [0.15, 0.2) is 0 Å². The summed E-state index contributed by atoms with van der Waals surface area (Å²) in [6.45, 7) is 11.8. The van der Waals surface area contributed by atoms with Crippen LogP contribution < -0.4 is 0 Å². The first-order valence-corrected chi connectivity index (χ1v) is 14.1. The molecule has 12 atom stereocenters. The Labute approximate surface area is 205 Å². The molecule has 0 aromatic rings. The van der Waals surface area contributed by atoms with E-state index in [1.807, 2.05) is 0 Å². The van der Waals surface area contributed by atoms with E-state index in [-0.39, 0.29) is 41.0 Å². The third kappa shape index (κ3) is 2.55. The number of aliphatic carboxylic acids is 1. The predicted octanol–water partition coefficient (Wildman–Crippen LogP) is 5.03. The monoisotopic (exact) mass is 474 g/mol. The molecule has 6 aliphatic rings. The number of rotatable bonds is 3. The minimum Gasteiger partial charge on any atom is -0.481 e. The Balaban J connectivity index is 1.34. The van der Waals surface area contributed by atoms with Gasteiger partial charge < -0.3 is 20.1 Å². The van der Waals surface area contributed by atoms with Gasteiger partial charge in [-0.2, -0.15) is 0 Å². The Morgan fingerprint density at radius 2 is 1.65 bits per heavy atom. The lowest BCUT2D eigenvalue weighted by atomic mass is 9.41. The fraction of sp³-hybridized carbons (Fsp3) is 0.966. The third-order valence-corrected chi connectivity index (χ3v) is 13.5. The van der Waals surface area contributed by atoms with Crippen LogP contribution in [0.5, 0.6) is 0 Å². The average molecular weight is 475 g/mol. The molecule has 5 heteroatoms. The molecule has 1 unspecified atom stereocenters. The molecule has 192 valence electrons. The van der Waals surface area contributed by atoms with E-state index in [2.05, 4.69) is 34.6 Å². The Kier molecular flexibility index (Phi) is 4.89. The van der Waals surface area contributed by atoms with Crippen molar-refractivity contribution in [2.75, 3.05) is 0 Å². The average Bonchev–Trinajstić information content (AvgIpc) is 3.40. The van der Waals surface area contributed by atoms with Gasteiger partial charge in [-0.15, -0.1) is 0 Å². The molecular weight excluding hydrogens is 428 g/mol. The molecule has 1 heterocycles. The Bertz CT molecular complexity index is 886. The predicted molar refractivity (Wildman–Crippen MR) is 129 cm³/mol. The van der Waals surface area contributed by atoms with Crippen LogP contribution in [-0.2, 0) is 9.53 Å². The molecule has 1 aliphatic heterocycles. The van der Waals surface area contributed by atoms with Gasteiger partial charge in [0.15, 0.2) is 0 Å². The number of carboxylic acid groups (broad SMARTS) is 1. The fourth-order valence-electron chi connectivity index (χ4n) is 11.9. The summed E-state index contributed by atoms with van der Waals surface area (Å²) in [6.07, 6.45) is 8.76. The van der Waals surface area contributed by atoms with Crippen LogP contribution in [0.1, 0.15) is 98.8 Å². The van der Waals surface area contributed by atoms with Crippen LogP contribution in [0.3, 0.4) is 0 Å². The van der Waals surface area contributed by atoms with Crippen LogP contribution in [-0.4, -0.2) is 45.7 Å². The van der Waals surface area contributed by atoms with Gasteiger partial charge in [-0.3, -0.25) is 4.79 Å². The van der Waals surface area contributed by atoms with E-state index in [9.17, 15) is 20.1 Å². The molecule has 5 saturated carbocycles. The molecule has 5 aliphatic carbocycles. The molecule has 5 nitrogen and oxygen atoms in total. The molecule has 1 saturated heterocycles. The van der Waals surface area contributed by atoms with Gasteiger partial charge in [0.05, 0.1) is 24.4 Å². The van der Waals surface area contributed by atoms with E-state index < -0.39 is 12.1 Å². The highest BCUT2D eigenvalue weighted by atomic mass is 16.5. The van der Waals surface area contributed by atoms with Gasteiger partial charge in [-0.05, 0) is 103 Å². The fourth-order valence-corrected chi connectivity index (χ4v) is 11.9. The minimum absolute atomic E-state index is 0.0222. The second kappa shape index (κ2) is 7.01. The first kappa shape index (κ1) is 23.7. The molecular formula is C29H46O5. The van der Waals surface area contributed by atoms with Crippen molar-refractivity contribution < 1.29 is 24.9 Å². The maximum atomic E-state index is 12.1. The molecule has 0 radical (unpaired) electrons. The molecule has 6 rings (SSSR count). The third-order valence-electron chi connectivity index (χ3n) is 13.5. The number of fused-ring (bicyclic) bond motifs is 4. The number of carbonyl (C=O) groups is 1. The van der Waals surface area contributed by atoms with E-state index in [0.29, 0.717) is 40.9 Å². The Morgan fingerprint density at radius 3 is 2.35 bits per heavy atom. The van der Waals surface area contributed by atoms with Crippen molar-refractivity contribution in [3.05, 3.63) is 0 Å². The first-order chi connectivity index (χ1) is 15.8. The van der Waals surface area contributed by atoms with Crippen molar-refractivity contribution in [3.8, 4) is 0 Å². The van der Waals surface area contributed by atoms with Crippen molar-refractivity contribution in [2.24, 2.45) is 50.7 Å². The summed E-state index contributed by atoms with van der Waals surface area (Å²) in [5.41, 5.74) is 0.524. The summed E-state index contributed by atoms with van der Waals surface area (Å²) < 4.78 is 6.60. The van der Waals surface area contributed by atoms with Crippen LogP contribution in [0.25, 0.3) is 0 Å². The second-order valence-corrected chi connectivity index (χ2v) is 14.6. The number of aliphatic hydroxyl groups excluding tert-OH is 2. The van der Waals surface area contributed by atoms with Crippen LogP contribution in [0, 0.1) is 50.7 Å². The number of carboxylic acids is 1. The van der Waals surface area contributed by atoms with E-state index in [1.54, 1.807) is 0 Å². The van der Waals surface area contributed by atoms with Crippen LogP contribution in [0.4, 0.5) is 0 Å². The maximum Gasteiger partial charge on any atom is 0.303 e. The molecule has 2 spiro atoms. The van der Waals surface area contributed by atoms with Crippen LogP contribution in [0.2, 0.25) is 0 Å². The van der Waals surface area contributed by atoms with E-state index in [0.717, 1.165) is 32.1 Å². The van der Waals surface area contributed by atoms with Gasteiger partial charge in [0.1, 0.15) is 0 Å². The summed E-state index contributed by atoms with van der Waals surface area (Å²) >= 11 is 0. The largest absolute Gasteiger partial charge is 0.481 e. The molecule has 0 bridgehead atoms. The molecule has 0 amide bonds. The molecule has 0 aromatic carbocycles. The summed E-state index contributed by atoms with van der Waals surface area (Å²) in [5, 5.41) is 32.1. The summed E-state index contributed by atoms with van der Waals surface area (Å²) in [5.74, 6) is 1.10. The SMILES string of the molecule is C[C@@H]1C[C@H](CCC(=O)O)O[C@H]2C1[C@@]1(C)CC[C@@]34C[C@@]35CC[C@H](O)C(C)(C)[C@@H]5CC[C@H]4[C@]1(C)[C@H]2O. The second-order valence-electron chi connectivity index (χ2n) is 14.6. The quantitative estimate of drug-likeness (QED) is 0.534. The standard InChI is InChI=1S/C29H46O5/c1-16-14-17(6-9-21(31)32)34-23-22(16)26(4)12-13-29-15-28(29)11-10-20(30)25(2,3)18(28)7-8-19(29)27(26,5)24(23)33/h16-20,22-24,30,33H,6-15H2,1-5H3,(H,31,32)/t16-,17+,18+,19+,20+,22?,23+,24+,26-,27-,28-,29+/m1/s1.